The molecule has 0 heterocycles. The largest absolute Gasteiger partial charge is 0.314 e. The van der Waals surface area contributed by atoms with E-state index < -0.39 is 5.41 Å². The number of para-hydroxylation sites is 2. The SMILES string of the molecule is ClCC1(CCl)CC(N(c2ccccc2)c2cccc3ccccc23)=CC=C1c1ccc(N(c2ccccc2)c2cccc3ccccc23)cc1. The summed E-state index contributed by atoms with van der Waals surface area (Å²) in [5, 5.41) is 4.81. The van der Waals surface area contributed by atoms with Gasteiger partial charge in [-0.1, -0.05) is 127 Å². The van der Waals surface area contributed by atoms with Crippen LogP contribution in [0.1, 0.15) is 12.0 Å². The van der Waals surface area contributed by atoms with Crippen molar-refractivity contribution in [1.29, 1.82) is 0 Å². The molecule has 1 aliphatic rings. The van der Waals surface area contributed by atoms with Crippen LogP contribution in [0.5, 0.6) is 0 Å². The van der Waals surface area contributed by atoms with Gasteiger partial charge in [0.1, 0.15) is 0 Å². The van der Waals surface area contributed by atoms with Crippen molar-refractivity contribution in [2.45, 2.75) is 6.42 Å². The van der Waals surface area contributed by atoms with Crippen molar-refractivity contribution in [2.75, 3.05) is 21.6 Å². The first-order valence-electron chi connectivity index (χ1n) is 17.0. The molecule has 0 amide bonds. The first kappa shape index (κ1) is 32.0. The molecule has 0 bridgehead atoms. The number of alkyl halides is 2. The Morgan fingerprint density at radius 2 is 0.900 bits per heavy atom. The molecule has 0 aromatic heterocycles. The van der Waals surface area contributed by atoms with Crippen molar-refractivity contribution >= 4 is 78.8 Å². The molecule has 0 N–H and O–H groups in total. The molecule has 1 aliphatic carbocycles. The van der Waals surface area contributed by atoms with Crippen LogP contribution in [0, 0.1) is 5.41 Å². The van der Waals surface area contributed by atoms with Gasteiger partial charge in [-0.25, -0.2) is 0 Å². The van der Waals surface area contributed by atoms with E-state index in [2.05, 4.69) is 192 Å². The smallest absolute Gasteiger partial charge is 0.0540 e. The highest BCUT2D eigenvalue weighted by Crippen LogP contribution is 2.49. The van der Waals surface area contributed by atoms with E-state index in [0.717, 1.165) is 45.3 Å². The highest BCUT2D eigenvalue weighted by molar-refractivity contribution is 6.23. The number of hydrogen-bond acceptors (Lipinski definition) is 2. The third-order valence-corrected chi connectivity index (χ3v) is 10.8. The van der Waals surface area contributed by atoms with Crippen LogP contribution in [0.3, 0.4) is 0 Å². The van der Waals surface area contributed by atoms with Gasteiger partial charge in [0.05, 0.1) is 11.4 Å². The molecule has 4 heteroatoms. The molecule has 7 aromatic carbocycles. The van der Waals surface area contributed by atoms with Gasteiger partial charge in [-0.3, -0.25) is 0 Å². The molecule has 0 atom stereocenters. The summed E-state index contributed by atoms with van der Waals surface area (Å²) in [5.41, 5.74) is 8.51. The van der Waals surface area contributed by atoms with Gasteiger partial charge in [-0.05, 0) is 76.5 Å². The molecule has 0 spiro atoms. The molecule has 8 rings (SSSR count). The maximum atomic E-state index is 6.96. The number of fused-ring (bicyclic) bond motifs is 2. The van der Waals surface area contributed by atoms with Gasteiger partial charge in [-0.15, -0.1) is 23.2 Å². The molecule has 2 nitrogen and oxygen atoms in total. The molecule has 0 saturated heterocycles. The maximum absolute atomic E-state index is 6.96. The third kappa shape index (κ3) is 5.85. The fourth-order valence-electron chi connectivity index (χ4n) is 7.32. The quantitative estimate of drug-likeness (QED) is 0.139. The fraction of sp³-hybridized carbons (Fsp3) is 0.0870. The first-order chi connectivity index (χ1) is 24.7. The van der Waals surface area contributed by atoms with Crippen LogP contribution in [0.2, 0.25) is 0 Å². The Morgan fingerprint density at radius 1 is 0.440 bits per heavy atom. The van der Waals surface area contributed by atoms with Crippen molar-refractivity contribution in [2.24, 2.45) is 5.41 Å². The molecule has 0 aliphatic heterocycles. The Bertz CT molecular complexity index is 2310. The van der Waals surface area contributed by atoms with Gasteiger partial charge < -0.3 is 9.80 Å². The Labute approximate surface area is 304 Å². The number of rotatable bonds is 9. The molecule has 0 unspecified atom stereocenters. The summed E-state index contributed by atoms with van der Waals surface area (Å²) in [6.07, 6.45) is 5.18. The predicted octanol–water partition coefficient (Wildman–Crippen LogP) is 13.4. The number of halogens is 2. The van der Waals surface area contributed by atoms with Crippen molar-refractivity contribution in [3.8, 4) is 0 Å². The van der Waals surface area contributed by atoms with Crippen LogP contribution in [-0.4, -0.2) is 11.8 Å². The molecule has 7 aromatic rings. The second-order valence-electron chi connectivity index (χ2n) is 12.8. The summed E-state index contributed by atoms with van der Waals surface area (Å²) in [7, 11) is 0. The minimum atomic E-state index is -0.471. The minimum absolute atomic E-state index is 0.395. The van der Waals surface area contributed by atoms with Crippen molar-refractivity contribution < 1.29 is 0 Å². The summed E-state index contributed by atoms with van der Waals surface area (Å²) < 4.78 is 0. The fourth-order valence-corrected chi connectivity index (χ4v) is 8.09. The van der Waals surface area contributed by atoms with E-state index in [-0.39, 0.29) is 0 Å². The Kier molecular flexibility index (Phi) is 8.89. The van der Waals surface area contributed by atoms with Gasteiger partial charge in [0.2, 0.25) is 0 Å². The third-order valence-electron chi connectivity index (χ3n) is 9.81. The molecular formula is C46H36Cl2N2. The molecule has 50 heavy (non-hydrogen) atoms. The van der Waals surface area contributed by atoms with E-state index in [1.165, 1.54) is 21.5 Å². The lowest BCUT2D eigenvalue weighted by atomic mass is 9.73. The van der Waals surface area contributed by atoms with E-state index in [1.807, 2.05) is 0 Å². The van der Waals surface area contributed by atoms with Gasteiger partial charge >= 0.3 is 0 Å². The van der Waals surface area contributed by atoms with Crippen molar-refractivity contribution in [3.63, 3.8) is 0 Å². The monoisotopic (exact) mass is 686 g/mol. The Balaban J connectivity index is 1.22. The lowest BCUT2D eigenvalue weighted by molar-refractivity contribution is 0.501. The zero-order chi connectivity index (χ0) is 33.9. The van der Waals surface area contributed by atoms with Crippen molar-refractivity contribution in [3.05, 3.63) is 193 Å². The van der Waals surface area contributed by atoms with Crippen LogP contribution < -0.4 is 9.80 Å². The van der Waals surface area contributed by atoms with Crippen LogP contribution in [0.25, 0.3) is 27.1 Å². The second-order valence-corrected chi connectivity index (χ2v) is 13.4. The van der Waals surface area contributed by atoms with Gasteiger partial charge in [0.25, 0.3) is 0 Å². The summed E-state index contributed by atoms with van der Waals surface area (Å²) in [6.45, 7) is 0. The Hall–Kier alpha value is -5.28. The van der Waals surface area contributed by atoms with Gasteiger partial charge in [-0.2, -0.15) is 0 Å². The number of nitrogens with zero attached hydrogens (tertiary/aromatic N) is 2. The van der Waals surface area contributed by atoms with E-state index >= 15 is 0 Å². The highest BCUT2D eigenvalue weighted by Gasteiger charge is 2.38. The van der Waals surface area contributed by atoms with E-state index in [0.29, 0.717) is 18.2 Å². The average molecular weight is 688 g/mol. The highest BCUT2D eigenvalue weighted by atomic mass is 35.5. The first-order valence-corrected chi connectivity index (χ1v) is 18.1. The standard InChI is InChI=1S/C46H36Cl2N2/c47-32-46(33-48)31-40(50(38-19-5-2-6-20-38)45-24-12-16-35-14-8-10-22-42(35)45)29-30-43(46)36-25-27-39(28-26-36)49(37-17-3-1-4-18-37)44-23-11-15-34-13-7-9-21-41(34)44/h1-30H,31-33H2. The number of anilines is 5. The zero-order valence-corrected chi connectivity index (χ0v) is 29.1. The summed E-state index contributed by atoms with van der Waals surface area (Å²) in [5.74, 6) is 0.789. The predicted molar refractivity (Wildman–Crippen MR) is 216 cm³/mol. The van der Waals surface area contributed by atoms with Crippen LogP contribution in [0.15, 0.2) is 188 Å². The average Bonchev–Trinajstić information content (AvgIpc) is 3.19. The lowest BCUT2D eigenvalue weighted by Gasteiger charge is -2.40. The molecule has 0 saturated carbocycles. The molecular weight excluding hydrogens is 651 g/mol. The zero-order valence-electron chi connectivity index (χ0n) is 27.6. The topological polar surface area (TPSA) is 6.48 Å². The van der Waals surface area contributed by atoms with Gasteiger partial charge in [0.15, 0.2) is 0 Å². The van der Waals surface area contributed by atoms with E-state index in [1.54, 1.807) is 0 Å². The number of allylic oxidation sites excluding steroid dienone is 4. The summed E-state index contributed by atoms with van der Waals surface area (Å²) >= 11 is 13.9. The maximum Gasteiger partial charge on any atom is 0.0540 e. The van der Waals surface area contributed by atoms with Crippen LogP contribution in [-0.2, 0) is 0 Å². The number of hydrogen-bond donors (Lipinski definition) is 0. The van der Waals surface area contributed by atoms with E-state index in [9.17, 15) is 0 Å². The molecule has 0 fully saturated rings. The lowest BCUT2D eigenvalue weighted by Crippen LogP contribution is -2.33. The van der Waals surface area contributed by atoms with Crippen LogP contribution in [0.4, 0.5) is 28.4 Å². The summed E-state index contributed by atoms with van der Waals surface area (Å²) in [4.78, 5) is 4.70. The Morgan fingerprint density at radius 3 is 1.46 bits per heavy atom. The number of benzene rings is 7. The molecule has 244 valence electrons. The van der Waals surface area contributed by atoms with Crippen molar-refractivity contribution in [1.82, 2.24) is 0 Å². The normalized spacial score (nSPS) is 13.9. The summed E-state index contributed by atoms with van der Waals surface area (Å²) in [6, 6.07) is 60.1. The van der Waals surface area contributed by atoms with E-state index in [4.69, 9.17) is 23.2 Å². The minimum Gasteiger partial charge on any atom is -0.314 e. The van der Waals surface area contributed by atoms with Gasteiger partial charge in [0, 0.05) is 57.1 Å². The second kappa shape index (κ2) is 13.9. The van der Waals surface area contributed by atoms with Crippen LogP contribution >= 0.6 is 23.2 Å². The molecule has 0 radical (unpaired) electrons.